The Hall–Kier alpha value is -2.77. The minimum atomic E-state index is -0.379. The van der Waals surface area contributed by atoms with Gasteiger partial charge in [-0.25, -0.2) is 4.79 Å². The minimum Gasteiger partial charge on any atom is -0.497 e. The number of aryl methyl sites for hydroxylation is 1. The predicted octanol–water partition coefficient (Wildman–Crippen LogP) is 5.33. The first-order chi connectivity index (χ1) is 14.5. The molecule has 0 amide bonds. The van der Waals surface area contributed by atoms with Crippen LogP contribution >= 0.6 is 23.4 Å². The first kappa shape index (κ1) is 20.5. The van der Waals surface area contributed by atoms with Crippen molar-refractivity contribution in [3.05, 3.63) is 69.0 Å². The van der Waals surface area contributed by atoms with Gasteiger partial charge in [-0.1, -0.05) is 23.4 Å². The molecule has 2 aromatic carbocycles. The average molecular weight is 442 g/mol. The Labute approximate surface area is 182 Å². The first-order valence-electron chi connectivity index (χ1n) is 9.43. The molecule has 0 saturated heterocycles. The topological polar surface area (TPSA) is 70.2 Å². The number of hydrogen-bond donors (Lipinski definition) is 0. The lowest BCUT2D eigenvalue weighted by Crippen LogP contribution is -2.02. The first-order valence-corrected chi connectivity index (χ1v) is 10.8. The van der Waals surface area contributed by atoms with Crippen molar-refractivity contribution in [3.63, 3.8) is 0 Å². The molecule has 0 N–H and O–H groups in total. The van der Waals surface area contributed by atoms with Gasteiger partial charge in [-0.05, 0) is 61.4 Å². The number of benzene rings is 2. The lowest BCUT2D eigenvalue weighted by molar-refractivity contribution is 0.415. The standard InChI is InChI=1S/C22H20ClN3O3S/c1-4-26-21(14-5-7-16(28-3)8-6-14)24-25-22(26)30-12-15-10-20(27)29-19-9-13(2)18(23)11-17(15)19/h5-11H,4,12H2,1-3H3. The fourth-order valence-electron chi connectivity index (χ4n) is 3.24. The third kappa shape index (κ3) is 3.95. The van der Waals surface area contributed by atoms with E-state index in [0.717, 1.165) is 45.4 Å². The molecule has 0 spiro atoms. The van der Waals surface area contributed by atoms with Gasteiger partial charge in [-0.3, -0.25) is 0 Å². The van der Waals surface area contributed by atoms with E-state index < -0.39 is 0 Å². The molecule has 0 atom stereocenters. The van der Waals surface area contributed by atoms with Crippen LogP contribution in [0.2, 0.25) is 5.02 Å². The van der Waals surface area contributed by atoms with Gasteiger partial charge in [0.25, 0.3) is 0 Å². The molecule has 0 aliphatic rings. The second-order valence-corrected chi connectivity index (χ2v) is 8.11. The van der Waals surface area contributed by atoms with Gasteiger partial charge in [0.2, 0.25) is 0 Å². The Kier molecular flexibility index (Phi) is 5.83. The van der Waals surface area contributed by atoms with Gasteiger partial charge in [-0.2, -0.15) is 0 Å². The monoisotopic (exact) mass is 441 g/mol. The Morgan fingerprint density at radius 1 is 1.17 bits per heavy atom. The van der Waals surface area contributed by atoms with Crippen LogP contribution in [0.5, 0.6) is 5.75 Å². The summed E-state index contributed by atoms with van der Waals surface area (Å²) in [6, 6.07) is 12.9. The average Bonchev–Trinajstić information content (AvgIpc) is 3.16. The lowest BCUT2D eigenvalue weighted by atomic mass is 10.1. The number of halogens is 1. The highest BCUT2D eigenvalue weighted by molar-refractivity contribution is 7.98. The van der Waals surface area contributed by atoms with Crippen molar-refractivity contribution in [2.24, 2.45) is 0 Å². The van der Waals surface area contributed by atoms with Crippen molar-refractivity contribution < 1.29 is 9.15 Å². The maximum absolute atomic E-state index is 12.0. The summed E-state index contributed by atoms with van der Waals surface area (Å²) in [7, 11) is 1.64. The normalized spacial score (nSPS) is 11.2. The van der Waals surface area contributed by atoms with Crippen LogP contribution in [0.25, 0.3) is 22.4 Å². The van der Waals surface area contributed by atoms with E-state index in [1.54, 1.807) is 13.2 Å². The third-order valence-electron chi connectivity index (χ3n) is 4.85. The molecule has 6 nitrogen and oxygen atoms in total. The summed E-state index contributed by atoms with van der Waals surface area (Å²) in [6.07, 6.45) is 0. The molecule has 30 heavy (non-hydrogen) atoms. The van der Waals surface area contributed by atoms with Gasteiger partial charge in [0, 0.05) is 34.3 Å². The van der Waals surface area contributed by atoms with E-state index in [1.807, 2.05) is 37.3 Å². The highest BCUT2D eigenvalue weighted by atomic mass is 35.5. The second kappa shape index (κ2) is 8.53. The fraction of sp³-hybridized carbons (Fsp3) is 0.227. The van der Waals surface area contributed by atoms with Crippen LogP contribution in [0.4, 0.5) is 0 Å². The van der Waals surface area contributed by atoms with Crippen molar-refractivity contribution in [1.82, 2.24) is 14.8 Å². The Bertz CT molecular complexity index is 1270. The fourth-order valence-corrected chi connectivity index (χ4v) is 4.40. The van der Waals surface area contributed by atoms with Crippen molar-refractivity contribution in [2.75, 3.05) is 7.11 Å². The molecule has 8 heteroatoms. The van der Waals surface area contributed by atoms with E-state index in [0.29, 0.717) is 16.4 Å². The molecule has 0 aliphatic heterocycles. The predicted molar refractivity (Wildman–Crippen MR) is 119 cm³/mol. The summed E-state index contributed by atoms with van der Waals surface area (Å²) in [5.74, 6) is 2.13. The summed E-state index contributed by atoms with van der Waals surface area (Å²) >= 11 is 7.82. The molecule has 4 rings (SSSR count). The summed E-state index contributed by atoms with van der Waals surface area (Å²) in [6.45, 7) is 4.66. The van der Waals surface area contributed by atoms with Gasteiger partial charge < -0.3 is 13.7 Å². The highest BCUT2D eigenvalue weighted by Crippen LogP contribution is 2.31. The zero-order valence-corrected chi connectivity index (χ0v) is 18.4. The molecule has 0 aliphatic carbocycles. The number of aromatic nitrogens is 3. The number of nitrogens with zero attached hydrogens (tertiary/aromatic N) is 3. The number of hydrogen-bond acceptors (Lipinski definition) is 6. The zero-order valence-electron chi connectivity index (χ0n) is 16.8. The highest BCUT2D eigenvalue weighted by Gasteiger charge is 2.15. The second-order valence-electron chi connectivity index (χ2n) is 6.76. The smallest absolute Gasteiger partial charge is 0.336 e. The van der Waals surface area contributed by atoms with E-state index in [2.05, 4.69) is 21.7 Å². The van der Waals surface area contributed by atoms with Crippen LogP contribution < -0.4 is 10.4 Å². The molecule has 2 aromatic heterocycles. The number of ether oxygens (including phenoxy) is 1. The molecule has 0 unspecified atom stereocenters. The number of thioether (sulfide) groups is 1. The van der Waals surface area contributed by atoms with Crippen LogP contribution in [0.1, 0.15) is 18.1 Å². The van der Waals surface area contributed by atoms with Crippen LogP contribution in [-0.2, 0) is 12.3 Å². The Balaban J connectivity index is 1.65. The molecule has 0 saturated carbocycles. The number of fused-ring (bicyclic) bond motifs is 1. The molecule has 0 bridgehead atoms. The summed E-state index contributed by atoms with van der Waals surface area (Å²) < 4.78 is 12.6. The van der Waals surface area contributed by atoms with Crippen molar-refractivity contribution >= 4 is 34.3 Å². The molecular weight excluding hydrogens is 422 g/mol. The molecule has 0 fully saturated rings. The van der Waals surface area contributed by atoms with Crippen LogP contribution in [0, 0.1) is 6.92 Å². The molecule has 0 radical (unpaired) electrons. The van der Waals surface area contributed by atoms with Crippen LogP contribution in [0.3, 0.4) is 0 Å². The van der Waals surface area contributed by atoms with Crippen molar-refractivity contribution in [2.45, 2.75) is 31.3 Å². The van der Waals surface area contributed by atoms with Gasteiger partial charge in [0.15, 0.2) is 11.0 Å². The van der Waals surface area contributed by atoms with Crippen molar-refractivity contribution in [1.29, 1.82) is 0 Å². The third-order valence-corrected chi connectivity index (χ3v) is 6.27. The maximum atomic E-state index is 12.0. The summed E-state index contributed by atoms with van der Waals surface area (Å²) in [4.78, 5) is 12.0. The largest absolute Gasteiger partial charge is 0.497 e. The summed E-state index contributed by atoms with van der Waals surface area (Å²) in [5.41, 5.74) is 2.84. The van der Waals surface area contributed by atoms with E-state index in [9.17, 15) is 4.79 Å². The quantitative estimate of drug-likeness (QED) is 0.297. The number of methoxy groups -OCH3 is 1. The van der Waals surface area contributed by atoms with Gasteiger partial charge in [0.1, 0.15) is 11.3 Å². The number of rotatable bonds is 6. The summed E-state index contributed by atoms with van der Waals surface area (Å²) in [5, 5.41) is 11.0. The molecule has 2 heterocycles. The van der Waals surface area contributed by atoms with E-state index in [-0.39, 0.29) is 5.63 Å². The van der Waals surface area contributed by atoms with E-state index in [1.165, 1.54) is 17.8 Å². The maximum Gasteiger partial charge on any atom is 0.336 e. The van der Waals surface area contributed by atoms with Crippen LogP contribution in [0.15, 0.2) is 56.8 Å². The lowest BCUT2D eigenvalue weighted by Gasteiger charge is -2.09. The molecule has 154 valence electrons. The van der Waals surface area contributed by atoms with Crippen LogP contribution in [-0.4, -0.2) is 21.9 Å². The Morgan fingerprint density at radius 3 is 2.63 bits per heavy atom. The zero-order chi connectivity index (χ0) is 21.3. The van der Waals surface area contributed by atoms with E-state index >= 15 is 0 Å². The molecular formula is C22H20ClN3O3S. The van der Waals surface area contributed by atoms with Gasteiger partial charge >= 0.3 is 5.63 Å². The van der Waals surface area contributed by atoms with Crippen molar-refractivity contribution in [3.8, 4) is 17.1 Å². The molecule has 4 aromatic rings. The van der Waals surface area contributed by atoms with Gasteiger partial charge in [-0.15, -0.1) is 10.2 Å². The minimum absolute atomic E-state index is 0.379. The Morgan fingerprint density at radius 2 is 1.93 bits per heavy atom. The van der Waals surface area contributed by atoms with Gasteiger partial charge in [0.05, 0.1) is 7.11 Å². The van der Waals surface area contributed by atoms with E-state index in [4.69, 9.17) is 20.8 Å². The SMILES string of the molecule is CCn1c(SCc2cc(=O)oc3cc(C)c(Cl)cc23)nnc1-c1ccc(OC)cc1.